The highest BCUT2D eigenvalue weighted by molar-refractivity contribution is 5.92. The minimum Gasteiger partial charge on any atom is -0.328 e. The van der Waals surface area contributed by atoms with Gasteiger partial charge in [0.2, 0.25) is 0 Å². The van der Waals surface area contributed by atoms with Gasteiger partial charge in [-0.2, -0.15) is 4.52 Å². The van der Waals surface area contributed by atoms with Gasteiger partial charge < -0.3 is 4.90 Å². The molecule has 0 N–H and O–H groups in total. The molecule has 9 heteroatoms. The molecule has 3 heterocycles. The summed E-state index contributed by atoms with van der Waals surface area (Å²) in [7, 11) is 0. The van der Waals surface area contributed by atoms with E-state index in [-0.39, 0.29) is 30.5 Å². The Morgan fingerprint density at radius 2 is 1.82 bits per heavy atom. The highest BCUT2D eigenvalue weighted by Gasteiger charge is 2.21. The number of pyridine rings is 1. The Kier molecular flexibility index (Phi) is 5.21. The molecular weight excluding hydrogens is 421 g/mol. The fraction of sp³-hybridized carbons (Fsp3) is 0.167. The summed E-state index contributed by atoms with van der Waals surface area (Å²) in [6.45, 7) is 4.59. The smallest absolute Gasteiger partial charge is 0.274 e. The van der Waals surface area contributed by atoms with E-state index in [4.69, 9.17) is 0 Å². The first-order valence-corrected chi connectivity index (χ1v) is 10.4. The van der Waals surface area contributed by atoms with E-state index >= 15 is 0 Å². The fourth-order valence-corrected chi connectivity index (χ4v) is 3.83. The third kappa shape index (κ3) is 4.00. The van der Waals surface area contributed by atoms with Gasteiger partial charge in [-0.3, -0.25) is 9.78 Å². The number of tetrazole rings is 1. The van der Waals surface area contributed by atoms with Crippen LogP contribution in [-0.4, -0.2) is 40.8 Å². The van der Waals surface area contributed by atoms with Gasteiger partial charge in [-0.05, 0) is 71.3 Å². The SMILES string of the molecule is Cc1cc2cc(CN(Cc3ccc(F)cc3)C(=O)c3cnccn3)c3nnnn3c2cc1C. The Bertz CT molecular complexity index is 1470. The summed E-state index contributed by atoms with van der Waals surface area (Å²) in [5, 5.41) is 13.2. The van der Waals surface area contributed by atoms with E-state index < -0.39 is 0 Å². The summed E-state index contributed by atoms with van der Waals surface area (Å²) in [5.74, 6) is -0.625. The molecule has 8 nitrogen and oxygen atoms in total. The molecule has 33 heavy (non-hydrogen) atoms. The summed E-state index contributed by atoms with van der Waals surface area (Å²) in [5.41, 5.74) is 5.56. The van der Waals surface area contributed by atoms with Gasteiger partial charge in [0, 0.05) is 29.9 Å². The molecule has 0 spiro atoms. The molecule has 0 radical (unpaired) electrons. The van der Waals surface area contributed by atoms with Gasteiger partial charge in [-0.1, -0.05) is 12.1 Å². The van der Waals surface area contributed by atoms with E-state index in [1.54, 1.807) is 21.5 Å². The lowest BCUT2D eigenvalue weighted by molar-refractivity contribution is 0.0724. The van der Waals surface area contributed by atoms with Gasteiger partial charge in [-0.25, -0.2) is 9.37 Å². The van der Waals surface area contributed by atoms with E-state index in [0.717, 1.165) is 33.2 Å². The molecule has 0 saturated carbocycles. The maximum Gasteiger partial charge on any atom is 0.274 e. The highest BCUT2D eigenvalue weighted by Crippen LogP contribution is 2.24. The predicted octanol–water partition coefficient (Wildman–Crippen LogP) is 3.67. The molecule has 0 unspecified atom stereocenters. The minimum absolute atomic E-state index is 0.225. The number of amides is 1. The number of aromatic nitrogens is 6. The second-order valence-corrected chi connectivity index (χ2v) is 7.96. The average Bonchev–Trinajstić information content (AvgIpc) is 3.32. The number of fused-ring (bicyclic) bond motifs is 3. The number of hydrogen-bond acceptors (Lipinski definition) is 6. The van der Waals surface area contributed by atoms with Crippen LogP contribution in [0.25, 0.3) is 16.6 Å². The molecule has 0 bridgehead atoms. The van der Waals surface area contributed by atoms with Crippen molar-refractivity contribution in [1.82, 2.24) is 34.9 Å². The molecule has 0 aliphatic carbocycles. The summed E-state index contributed by atoms with van der Waals surface area (Å²) in [6.07, 6.45) is 4.42. The minimum atomic E-state index is -0.331. The number of benzene rings is 2. The number of carbonyl (C=O) groups is 1. The fourth-order valence-electron chi connectivity index (χ4n) is 3.83. The van der Waals surface area contributed by atoms with Crippen molar-refractivity contribution in [2.75, 3.05) is 0 Å². The lowest BCUT2D eigenvalue weighted by atomic mass is 10.0. The quantitative estimate of drug-likeness (QED) is 0.414. The molecular formula is C24H20FN7O. The Labute approximate surface area is 188 Å². The maximum atomic E-state index is 13.4. The van der Waals surface area contributed by atoms with Gasteiger partial charge in [0.1, 0.15) is 11.5 Å². The van der Waals surface area contributed by atoms with Crippen LogP contribution in [-0.2, 0) is 13.1 Å². The van der Waals surface area contributed by atoms with Crippen molar-refractivity contribution in [3.05, 3.63) is 94.8 Å². The molecule has 164 valence electrons. The van der Waals surface area contributed by atoms with E-state index in [2.05, 4.69) is 44.5 Å². The number of carbonyl (C=O) groups excluding carboxylic acids is 1. The first-order valence-electron chi connectivity index (χ1n) is 10.4. The maximum absolute atomic E-state index is 13.4. The Hall–Kier alpha value is -4.27. The Morgan fingerprint density at radius 1 is 1.03 bits per heavy atom. The van der Waals surface area contributed by atoms with Crippen LogP contribution in [0.5, 0.6) is 0 Å². The van der Waals surface area contributed by atoms with Crippen molar-refractivity contribution in [3.63, 3.8) is 0 Å². The van der Waals surface area contributed by atoms with Gasteiger partial charge in [0.15, 0.2) is 5.65 Å². The van der Waals surface area contributed by atoms with Crippen LogP contribution in [0.15, 0.2) is 61.1 Å². The van der Waals surface area contributed by atoms with Crippen LogP contribution in [0.4, 0.5) is 4.39 Å². The first-order chi connectivity index (χ1) is 16.0. The zero-order valence-corrected chi connectivity index (χ0v) is 18.1. The molecule has 0 fully saturated rings. The van der Waals surface area contributed by atoms with Crippen LogP contribution >= 0.6 is 0 Å². The van der Waals surface area contributed by atoms with Crippen LogP contribution in [0.2, 0.25) is 0 Å². The van der Waals surface area contributed by atoms with E-state index in [1.165, 1.54) is 30.7 Å². The standard InChI is InChI=1S/C24H20FN7O/c1-15-9-18-11-19(23-28-29-30-32(23)22(18)10-16(15)2)14-31(13-17-3-5-20(25)6-4-17)24(33)21-12-26-7-8-27-21/h3-12H,13-14H2,1-2H3. The van der Waals surface area contributed by atoms with Gasteiger partial charge in [-0.15, -0.1) is 5.10 Å². The largest absolute Gasteiger partial charge is 0.328 e. The monoisotopic (exact) mass is 441 g/mol. The summed E-state index contributed by atoms with van der Waals surface area (Å²) >= 11 is 0. The average molecular weight is 441 g/mol. The van der Waals surface area contributed by atoms with Crippen molar-refractivity contribution in [2.24, 2.45) is 0 Å². The number of nitrogens with zero attached hydrogens (tertiary/aromatic N) is 7. The topological polar surface area (TPSA) is 89.2 Å². The van der Waals surface area contributed by atoms with Crippen molar-refractivity contribution in [3.8, 4) is 0 Å². The van der Waals surface area contributed by atoms with Crippen molar-refractivity contribution < 1.29 is 9.18 Å². The Morgan fingerprint density at radius 3 is 2.58 bits per heavy atom. The predicted molar refractivity (Wildman–Crippen MR) is 120 cm³/mol. The lowest BCUT2D eigenvalue weighted by Gasteiger charge is -2.23. The first kappa shape index (κ1) is 20.6. The zero-order chi connectivity index (χ0) is 22.9. The van der Waals surface area contributed by atoms with E-state index in [1.807, 2.05) is 13.0 Å². The van der Waals surface area contributed by atoms with Crippen LogP contribution < -0.4 is 0 Å². The van der Waals surface area contributed by atoms with Crippen LogP contribution in [0.1, 0.15) is 32.7 Å². The number of rotatable bonds is 5. The third-order valence-corrected chi connectivity index (χ3v) is 5.68. The van der Waals surface area contributed by atoms with Crippen LogP contribution in [0, 0.1) is 19.7 Å². The number of aryl methyl sites for hydroxylation is 2. The Balaban J connectivity index is 1.59. The second kappa shape index (κ2) is 8.34. The van der Waals surface area contributed by atoms with Gasteiger partial charge in [0.05, 0.1) is 18.3 Å². The zero-order valence-electron chi connectivity index (χ0n) is 18.1. The molecule has 0 aliphatic rings. The second-order valence-electron chi connectivity index (χ2n) is 7.96. The van der Waals surface area contributed by atoms with Crippen molar-refractivity contribution in [1.29, 1.82) is 0 Å². The summed E-state index contributed by atoms with van der Waals surface area (Å²) < 4.78 is 15.1. The normalized spacial score (nSPS) is 11.2. The van der Waals surface area contributed by atoms with Gasteiger partial charge >= 0.3 is 0 Å². The van der Waals surface area contributed by atoms with Gasteiger partial charge in [0.25, 0.3) is 5.91 Å². The van der Waals surface area contributed by atoms with Crippen LogP contribution in [0.3, 0.4) is 0 Å². The van der Waals surface area contributed by atoms with E-state index in [9.17, 15) is 9.18 Å². The molecule has 1 amide bonds. The molecule has 5 aromatic rings. The highest BCUT2D eigenvalue weighted by atomic mass is 19.1. The lowest BCUT2D eigenvalue weighted by Crippen LogP contribution is -2.31. The number of halogens is 1. The number of hydrogen-bond donors (Lipinski definition) is 0. The molecule has 5 rings (SSSR count). The summed E-state index contributed by atoms with van der Waals surface area (Å²) in [6, 6.07) is 12.2. The molecule has 0 saturated heterocycles. The summed E-state index contributed by atoms with van der Waals surface area (Å²) in [4.78, 5) is 23.2. The third-order valence-electron chi connectivity index (χ3n) is 5.68. The molecule has 2 aromatic carbocycles. The van der Waals surface area contributed by atoms with E-state index in [0.29, 0.717) is 5.65 Å². The van der Waals surface area contributed by atoms with Crippen molar-refractivity contribution in [2.45, 2.75) is 26.9 Å². The molecule has 0 atom stereocenters. The van der Waals surface area contributed by atoms with Crippen molar-refractivity contribution >= 4 is 22.5 Å². The molecule has 0 aliphatic heterocycles. The molecule has 3 aromatic heterocycles.